The van der Waals surface area contributed by atoms with Crippen LogP contribution in [0, 0.1) is 0 Å². The molecule has 0 aliphatic heterocycles. The van der Waals surface area contributed by atoms with E-state index in [1.54, 1.807) is 0 Å². The summed E-state index contributed by atoms with van der Waals surface area (Å²) in [6, 6.07) is 62.5. The molecule has 0 spiro atoms. The van der Waals surface area contributed by atoms with Gasteiger partial charge in [0.25, 0.3) is 0 Å². The van der Waals surface area contributed by atoms with Crippen molar-refractivity contribution in [3.63, 3.8) is 0 Å². The maximum atomic E-state index is 6.52. The van der Waals surface area contributed by atoms with Gasteiger partial charge >= 0.3 is 0 Å². The molecular formula is C52H30N4O2. The highest BCUT2D eigenvalue weighted by Crippen LogP contribution is 2.41. The second-order valence-electron chi connectivity index (χ2n) is 14.6. The molecular weight excluding hydrogens is 713 g/mol. The van der Waals surface area contributed by atoms with Crippen molar-refractivity contribution in [3.8, 4) is 56.7 Å². The first kappa shape index (κ1) is 32.3. The number of aromatic nitrogens is 4. The van der Waals surface area contributed by atoms with Gasteiger partial charge in [-0.1, -0.05) is 133 Å². The van der Waals surface area contributed by atoms with Gasteiger partial charge in [0.2, 0.25) is 5.89 Å². The van der Waals surface area contributed by atoms with Crippen LogP contribution >= 0.6 is 0 Å². The van der Waals surface area contributed by atoms with Crippen LogP contribution in [0.2, 0.25) is 0 Å². The van der Waals surface area contributed by atoms with E-state index in [-0.39, 0.29) is 0 Å². The lowest BCUT2D eigenvalue weighted by molar-refractivity contribution is 0.622. The van der Waals surface area contributed by atoms with Crippen molar-refractivity contribution in [3.05, 3.63) is 182 Å². The average molecular weight is 743 g/mol. The number of rotatable bonds is 5. The molecule has 0 N–H and O–H groups in total. The number of hydrogen-bond donors (Lipinski definition) is 0. The Balaban J connectivity index is 1.07. The molecule has 0 fully saturated rings. The molecule has 0 bridgehead atoms. The summed E-state index contributed by atoms with van der Waals surface area (Å²) in [7, 11) is 0. The number of nitrogens with zero attached hydrogens (tertiary/aromatic N) is 4. The summed E-state index contributed by atoms with van der Waals surface area (Å²) in [5.74, 6) is 2.35. The summed E-state index contributed by atoms with van der Waals surface area (Å²) in [5, 5.41) is 8.66. The first-order chi connectivity index (χ1) is 28.7. The molecule has 58 heavy (non-hydrogen) atoms. The monoisotopic (exact) mass is 742 g/mol. The van der Waals surface area contributed by atoms with Gasteiger partial charge in [-0.05, 0) is 92.0 Å². The number of benzene rings is 9. The van der Waals surface area contributed by atoms with Gasteiger partial charge in [-0.3, -0.25) is 0 Å². The van der Waals surface area contributed by atoms with Crippen LogP contribution in [0.15, 0.2) is 191 Å². The zero-order valence-corrected chi connectivity index (χ0v) is 30.9. The van der Waals surface area contributed by atoms with Crippen LogP contribution in [0.1, 0.15) is 0 Å². The Hall–Kier alpha value is -7.96. The molecule has 270 valence electrons. The Morgan fingerprint density at radius 3 is 1.71 bits per heavy atom. The standard InChI is InChI=1S/C52H30N4O2/c1-3-10-31(11-4-1)35-15-9-16-37(28-35)49-54-50(38-22-24-41-36(29-38)20-18-32-12-7-8-17-40(32)41)56-51(55-49)39-21-19-33-23-26-44-46(42(33)30-39)47-45(57-44)27-25-43-48(47)58-52(53-43)34-13-5-2-6-14-34/h1-30H. The minimum Gasteiger partial charge on any atom is -0.456 e. The predicted octanol–water partition coefficient (Wildman–Crippen LogP) is 13.7. The molecule has 0 aliphatic rings. The third kappa shape index (κ3) is 5.27. The van der Waals surface area contributed by atoms with Crippen molar-refractivity contribution >= 4 is 65.4 Å². The van der Waals surface area contributed by atoms with Crippen LogP contribution in [-0.2, 0) is 0 Å². The zero-order valence-electron chi connectivity index (χ0n) is 30.9. The van der Waals surface area contributed by atoms with Crippen LogP contribution in [-0.4, -0.2) is 19.9 Å². The van der Waals surface area contributed by atoms with E-state index in [9.17, 15) is 0 Å². The fourth-order valence-electron chi connectivity index (χ4n) is 8.28. The van der Waals surface area contributed by atoms with Gasteiger partial charge in [-0.15, -0.1) is 0 Å². The van der Waals surface area contributed by atoms with Gasteiger partial charge in [0, 0.05) is 27.6 Å². The van der Waals surface area contributed by atoms with Crippen molar-refractivity contribution in [2.45, 2.75) is 0 Å². The molecule has 12 rings (SSSR count). The SMILES string of the molecule is c1ccc(-c2cccc(-c3nc(-c4ccc5c(ccc6ccccc65)c4)nc(-c4ccc5ccc6oc7ccc8nc(-c9ccccc9)oc8c7c6c5c4)n3)c2)cc1. The van der Waals surface area contributed by atoms with Crippen molar-refractivity contribution in [2.75, 3.05) is 0 Å². The second kappa shape index (κ2) is 12.8. The van der Waals surface area contributed by atoms with E-state index < -0.39 is 0 Å². The van der Waals surface area contributed by atoms with E-state index in [0.29, 0.717) is 28.9 Å². The normalized spacial score (nSPS) is 11.8. The molecule has 0 atom stereocenters. The highest BCUT2D eigenvalue weighted by Gasteiger charge is 2.20. The summed E-state index contributed by atoms with van der Waals surface area (Å²) in [6.45, 7) is 0. The maximum absolute atomic E-state index is 6.52. The Bertz CT molecular complexity index is 3570. The Morgan fingerprint density at radius 1 is 0.310 bits per heavy atom. The Morgan fingerprint density at radius 2 is 0.879 bits per heavy atom. The van der Waals surface area contributed by atoms with Crippen LogP contribution < -0.4 is 0 Å². The van der Waals surface area contributed by atoms with E-state index in [0.717, 1.165) is 77.0 Å². The van der Waals surface area contributed by atoms with Crippen LogP contribution in [0.4, 0.5) is 0 Å². The van der Waals surface area contributed by atoms with Crippen molar-refractivity contribution in [1.29, 1.82) is 0 Å². The van der Waals surface area contributed by atoms with Crippen molar-refractivity contribution in [2.24, 2.45) is 0 Å². The third-order valence-corrected chi connectivity index (χ3v) is 11.1. The lowest BCUT2D eigenvalue weighted by Gasteiger charge is -2.11. The average Bonchev–Trinajstić information content (AvgIpc) is 3.91. The first-order valence-electron chi connectivity index (χ1n) is 19.3. The molecule has 3 aromatic heterocycles. The van der Waals surface area contributed by atoms with Gasteiger partial charge in [-0.25, -0.2) is 19.9 Å². The Kier molecular flexibility index (Phi) is 7.13. The molecule has 6 heteroatoms. The minimum absolute atomic E-state index is 0.571. The molecule has 0 radical (unpaired) electrons. The third-order valence-electron chi connectivity index (χ3n) is 11.1. The quantitative estimate of drug-likeness (QED) is 0.163. The second-order valence-corrected chi connectivity index (χ2v) is 14.6. The lowest BCUT2D eigenvalue weighted by Crippen LogP contribution is -2.00. The smallest absolute Gasteiger partial charge is 0.227 e. The molecule has 9 aromatic carbocycles. The molecule has 0 aliphatic carbocycles. The highest BCUT2D eigenvalue weighted by molar-refractivity contribution is 6.25. The largest absolute Gasteiger partial charge is 0.456 e. The topological polar surface area (TPSA) is 77.8 Å². The molecule has 3 heterocycles. The molecule has 0 saturated heterocycles. The number of hydrogen-bond acceptors (Lipinski definition) is 6. The first-order valence-corrected chi connectivity index (χ1v) is 19.3. The van der Waals surface area contributed by atoms with Gasteiger partial charge in [0.1, 0.15) is 16.7 Å². The molecule has 12 aromatic rings. The maximum Gasteiger partial charge on any atom is 0.227 e. The lowest BCUT2D eigenvalue weighted by atomic mass is 9.99. The van der Waals surface area contributed by atoms with Crippen LogP contribution in [0.3, 0.4) is 0 Å². The molecule has 0 saturated carbocycles. The zero-order chi connectivity index (χ0) is 38.2. The van der Waals surface area contributed by atoms with E-state index >= 15 is 0 Å². The minimum atomic E-state index is 0.571. The summed E-state index contributed by atoms with van der Waals surface area (Å²) in [5.41, 5.74) is 8.79. The van der Waals surface area contributed by atoms with E-state index in [4.69, 9.17) is 28.8 Å². The van der Waals surface area contributed by atoms with Gasteiger partial charge in [0.05, 0.1) is 5.39 Å². The highest BCUT2D eigenvalue weighted by atomic mass is 16.4. The summed E-state index contributed by atoms with van der Waals surface area (Å²) >= 11 is 0. The van der Waals surface area contributed by atoms with Crippen molar-refractivity contribution < 1.29 is 8.83 Å². The van der Waals surface area contributed by atoms with E-state index in [1.165, 1.54) is 16.2 Å². The summed E-state index contributed by atoms with van der Waals surface area (Å²) in [4.78, 5) is 20.4. The van der Waals surface area contributed by atoms with E-state index in [1.807, 2.05) is 54.6 Å². The fraction of sp³-hybridized carbons (Fsp3) is 0. The van der Waals surface area contributed by atoms with Crippen molar-refractivity contribution in [1.82, 2.24) is 19.9 Å². The predicted molar refractivity (Wildman–Crippen MR) is 234 cm³/mol. The summed E-state index contributed by atoms with van der Waals surface area (Å²) < 4.78 is 13.0. The summed E-state index contributed by atoms with van der Waals surface area (Å²) in [6.07, 6.45) is 0. The molecule has 0 amide bonds. The molecule has 0 unspecified atom stereocenters. The number of fused-ring (bicyclic) bond motifs is 10. The number of furan rings is 1. The number of oxazole rings is 1. The van der Waals surface area contributed by atoms with E-state index in [2.05, 4.69) is 127 Å². The fourth-order valence-corrected chi connectivity index (χ4v) is 8.28. The molecule has 6 nitrogen and oxygen atoms in total. The Labute approximate surface area is 331 Å². The van der Waals surface area contributed by atoms with Gasteiger partial charge in [-0.2, -0.15) is 0 Å². The van der Waals surface area contributed by atoms with Crippen LogP contribution in [0.25, 0.3) is 122 Å². The van der Waals surface area contributed by atoms with Gasteiger partial charge in [0.15, 0.2) is 23.1 Å². The van der Waals surface area contributed by atoms with Gasteiger partial charge < -0.3 is 8.83 Å². The van der Waals surface area contributed by atoms with Crippen LogP contribution in [0.5, 0.6) is 0 Å².